The lowest BCUT2D eigenvalue weighted by Crippen LogP contribution is -2.35. The van der Waals surface area contributed by atoms with Gasteiger partial charge in [0.15, 0.2) is 5.13 Å². The van der Waals surface area contributed by atoms with Crippen LogP contribution in [0.25, 0.3) is 0 Å². The van der Waals surface area contributed by atoms with Crippen LogP contribution >= 0.6 is 11.3 Å². The second-order valence-electron chi connectivity index (χ2n) is 6.53. The van der Waals surface area contributed by atoms with Gasteiger partial charge in [0.2, 0.25) is 11.8 Å². The predicted octanol–water partition coefficient (Wildman–Crippen LogP) is 2.36. The van der Waals surface area contributed by atoms with E-state index in [9.17, 15) is 14.4 Å². The summed E-state index contributed by atoms with van der Waals surface area (Å²) in [6.07, 6.45) is 4.63. The maximum atomic E-state index is 12.5. The molecule has 1 N–H and O–H groups in total. The van der Waals surface area contributed by atoms with Crippen LogP contribution in [-0.4, -0.2) is 46.9 Å². The molecule has 2 aliphatic rings. The molecule has 1 aromatic rings. The molecule has 0 radical (unpaired) electrons. The van der Waals surface area contributed by atoms with Crippen LogP contribution in [0.5, 0.6) is 0 Å². The highest BCUT2D eigenvalue weighted by Gasteiger charge is 2.38. The second-order valence-corrected chi connectivity index (χ2v) is 7.53. The van der Waals surface area contributed by atoms with Crippen molar-refractivity contribution < 1.29 is 19.1 Å². The summed E-state index contributed by atoms with van der Waals surface area (Å²) in [4.78, 5) is 43.0. The van der Waals surface area contributed by atoms with E-state index in [1.54, 1.807) is 13.8 Å². The third-order valence-electron chi connectivity index (χ3n) is 4.78. The molecule has 1 saturated carbocycles. The van der Waals surface area contributed by atoms with Crippen LogP contribution < -0.4 is 5.32 Å². The summed E-state index contributed by atoms with van der Waals surface area (Å²) in [6.45, 7) is 4.22. The Kier molecular flexibility index (Phi) is 5.36. The van der Waals surface area contributed by atoms with E-state index in [0.717, 1.165) is 37.0 Å². The molecule has 0 spiro atoms. The van der Waals surface area contributed by atoms with Crippen molar-refractivity contribution in [2.45, 2.75) is 52.0 Å². The number of hydrogen-bond donors (Lipinski definition) is 1. The standard InChI is InChI=1S/C17H23N3O4S/c1-3-24-16(23)14-10(2)18-17(25-14)19-15(22)11-8-13(21)20(9-11)12-6-4-5-7-12/h11-12H,3-9H2,1-2H3,(H,18,19,22)/t11-/m0/s1. The number of carbonyl (C=O) groups excluding carboxylic acids is 3. The van der Waals surface area contributed by atoms with Crippen molar-refractivity contribution >= 4 is 34.3 Å². The van der Waals surface area contributed by atoms with Gasteiger partial charge in [0.1, 0.15) is 4.88 Å². The van der Waals surface area contributed by atoms with Gasteiger partial charge in [0, 0.05) is 19.0 Å². The molecule has 2 amide bonds. The zero-order valence-corrected chi connectivity index (χ0v) is 15.4. The summed E-state index contributed by atoms with van der Waals surface area (Å²) in [7, 11) is 0. The number of nitrogens with one attached hydrogen (secondary N) is 1. The molecule has 3 rings (SSSR count). The average Bonchev–Trinajstić information content (AvgIpc) is 3.27. The van der Waals surface area contributed by atoms with Crippen LogP contribution in [0.1, 0.15) is 54.4 Å². The van der Waals surface area contributed by atoms with Gasteiger partial charge in [-0.05, 0) is 26.7 Å². The van der Waals surface area contributed by atoms with Gasteiger partial charge in [0.05, 0.1) is 18.2 Å². The lowest BCUT2D eigenvalue weighted by atomic mass is 10.1. The summed E-state index contributed by atoms with van der Waals surface area (Å²) in [5.74, 6) is -0.933. The van der Waals surface area contributed by atoms with Crippen LogP contribution in [0.15, 0.2) is 0 Å². The van der Waals surface area contributed by atoms with E-state index in [4.69, 9.17) is 4.74 Å². The molecule has 1 saturated heterocycles. The Morgan fingerprint density at radius 3 is 2.76 bits per heavy atom. The Balaban J connectivity index is 1.62. The molecule has 1 aliphatic heterocycles. The molecule has 2 fully saturated rings. The zero-order valence-electron chi connectivity index (χ0n) is 14.5. The number of likely N-dealkylation sites (tertiary alicyclic amines) is 1. The first-order chi connectivity index (χ1) is 12.0. The molecule has 1 atom stereocenters. The van der Waals surface area contributed by atoms with E-state index in [0.29, 0.717) is 34.9 Å². The Labute approximate surface area is 150 Å². The minimum absolute atomic E-state index is 0.0644. The number of aromatic nitrogens is 1. The number of thiazole rings is 1. The summed E-state index contributed by atoms with van der Waals surface area (Å²) < 4.78 is 4.98. The van der Waals surface area contributed by atoms with Crippen molar-refractivity contribution in [1.82, 2.24) is 9.88 Å². The Morgan fingerprint density at radius 2 is 2.08 bits per heavy atom. The van der Waals surface area contributed by atoms with Gasteiger partial charge in [-0.15, -0.1) is 0 Å². The highest BCUT2D eigenvalue weighted by molar-refractivity contribution is 7.17. The van der Waals surface area contributed by atoms with E-state index < -0.39 is 5.97 Å². The molecular weight excluding hydrogens is 342 g/mol. The van der Waals surface area contributed by atoms with Crippen LogP contribution in [0, 0.1) is 12.8 Å². The quantitative estimate of drug-likeness (QED) is 0.809. The van der Waals surface area contributed by atoms with Crippen molar-refractivity contribution in [2.75, 3.05) is 18.5 Å². The number of hydrogen-bond acceptors (Lipinski definition) is 6. The largest absolute Gasteiger partial charge is 0.462 e. The number of rotatable bonds is 5. The van der Waals surface area contributed by atoms with E-state index in [2.05, 4.69) is 10.3 Å². The van der Waals surface area contributed by atoms with Crippen LogP contribution in [0.4, 0.5) is 5.13 Å². The van der Waals surface area contributed by atoms with Crippen molar-refractivity contribution in [3.05, 3.63) is 10.6 Å². The summed E-state index contributed by atoms with van der Waals surface area (Å²) in [5.41, 5.74) is 0.536. The third-order valence-corrected chi connectivity index (χ3v) is 5.84. The lowest BCUT2D eigenvalue weighted by Gasteiger charge is -2.23. The summed E-state index contributed by atoms with van der Waals surface area (Å²) in [5, 5.41) is 3.13. The molecule has 0 aromatic carbocycles. The van der Waals surface area contributed by atoms with E-state index in [-0.39, 0.29) is 24.2 Å². The highest BCUT2D eigenvalue weighted by atomic mass is 32.1. The van der Waals surface area contributed by atoms with E-state index in [1.807, 2.05) is 4.90 Å². The normalized spacial score (nSPS) is 21.0. The summed E-state index contributed by atoms with van der Waals surface area (Å²) >= 11 is 1.11. The fourth-order valence-electron chi connectivity index (χ4n) is 3.52. The van der Waals surface area contributed by atoms with Crippen LogP contribution in [-0.2, 0) is 14.3 Å². The van der Waals surface area contributed by atoms with E-state index in [1.165, 1.54) is 0 Å². The highest BCUT2D eigenvalue weighted by Crippen LogP contribution is 2.30. The van der Waals surface area contributed by atoms with Gasteiger partial charge in [-0.2, -0.15) is 0 Å². The molecule has 136 valence electrons. The van der Waals surface area contributed by atoms with Crippen molar-refractivity contribution in [3.8, 4) is 0 Å². The number of aryl methyl sites for hydroxylation is 1. The predicted molar refractivity (Wildman–Crippen MR) is 93.5 cm³/mol. The number of carbonyl (C=O) groups is 3. The Morgan fingerprint density at radius 1 is 1.36 bits per heavy atom. The van der Waals surface area contributed by atoms with Gasteiger partial charge in [-0.1, -0.05) is 24.2 Å². The number of amides is 2. The van der Waals surface area contributed by atoms with Crippen molar-refractivity contribution in [3.63, 3.8) is 0 Å². The molecule has 0 unspecified atom stereocenters. The number of anilines is 1. The fourth-order valence-corrected chi connectivity index (χ4v) is 4.38. The SMILES string of the molecule is CCOC(=O)c1sc(NC(=O)[C@H]2CC(=O)N(C3CCCC3)C2)nc1C. The molecule has 1 aromatic heterocycles. The molecular formula is C17H23N3O4S. The molecule has 8 heteroatoms. The minimum atomic E-state index is -0.429. The maximum absolute atomic E-state index is 12.5. The molecule has 0 bridgehead atoms. The minimum Gasteiger partial charge on any atom is -0.462 e. The zero-order chi connectivity index (χ0) is 18.0. The number of esters is 1. The van der Waals surface area contributed by atoms with Gasteiger partial charge in [0.25, 0.3) is 0 Å². The first-order valence-electron chi connectivity index (χ1n) is 8.74. The monoisotopic (exact) mass is 365 g/mol. The first kappa shape index (κ1) is 17.8. The number of ether oxygens (including phenoxy) is 1. The molecule has 2 heterocycles. The van der Waals surface area contributed by atoms with Crippen LogP contribution in [0.3, 0.4) is 0 Å². The van der Waals surface area contributed by atoms with Gasteiger partial charge < -0.3 is 15.0 Å². The Bertz CT molecular complexity index is 681. The van der Waals surface area contributed by atoms with Gasteiger partial charge >= 0.3 is 5.97 Å². The maximum Gasteiger partial charge on any atom is 0.350 e. The third kappa shape index (κ3) is 3.84. The van der Waals surface area contributed by atoms with Gasteiger partial charge in [-0.25, -0.2) is 9.78 Å². The fraction of sp³-hybridized carbons (Fsp3) is 0.647. The molecule has 7 nitrogen and oxygen atoms in total. The number of nitrogens with zero attached hydrogens (tertiary/aromatic N) is 2. The molecule has 25 heavy (non-hydrogen) atoms. The van der Waals surface area contributed by atoms with Crippen molar-refractivity contribution in [1.29, 1.82) is 0 Å². The average molecular weight is 365 g/mol. The molecule has 1 aliphatic carbocycles. The smallest absolute Gasteiger partial charge is 0.350 e. The topological polar surface area (TPSA) is 88.6 Å². The van der Waals surface area contributed by atoms with Crippen LogP contribution in [0.2, 0.25) is 0 Å². The van der Waals surface area contributed by atoms with E-state index >= 15 is 0 Å². The summed E-state index contributed by atoms with van der Waals surface area (Å²) in [6, 6.07) is 0.294. The second kappa shape index (κ2) is 7.51. The Hall–Kier alpha value is -1.96. The lowest BCUT2D eigenvalue weighted by molar-refractivity contribution is -0.129. The first-order valence-corrected chi connectivity index (χ1v) is 9.56. The van der Waals surface area contributed by atoms with Crippen molar-refractivity contribution in [2.24, 2.45) is 5.92 Å². The van der Waals surface area contributed by atoms with Gasteiger partial charge in [-0.3, -0.25) is 9.59 Å².